The van der Waals surface area contributed by atoms with Gasteiger partial charge in [0.05, 0.1) is 6.61 Å². The van der Waals surface area contributed by atoms with Gasteiger partial charge in [-0.25, -0.2) is 0 Å². The number of hydrogen-bond acceptors (Lipinski definition) is 4. The molecule has 0 radical (unpaired) electrons. The number of ether oxygens (including phenoxy) is 1. The molecule has 1 saturated heterocycles. The highest BCUT2D eigenvalue weighted by Gasteiger charge is 2.40. The van der Waals surface area contributed by atoms with E-state index < -0.39 is 8.16 Å². The van der Waals surface area contributed by atoms with Crippen molar-refractivity contribution in [1.29, 1.82) is 0 Å². The van der Waals surface area contributed by atoms with Gasteiger partial charge in [-0.3, -0.25) is 0 Å². The minimum atomic E-state index is -1.65. The van der Waals surface area contributed by atoms with Crippen LogP contribution in [0.5, 0.6) is 5.75 Å². The lowest BCUT2D eigenvalue weighted by atomic mass is 9.95. The summed E-state index contributed by atoms with van der Waals surface area (Å²) < 4.78 is 23.9. The minimum Gasteiger partial charge on any atom is -0.489 e. The van der Waals surface area contributed by atoms with Crippen LogP contribution in [0.15, 0.2) is 154 Å². The van der Waals surface area contributed by atoms with Gasteiger partial charge in [-0.1, -0.05) is 127 Å². The number of rotatable bonds is 3. The standard InChI is InChI=1S/C46H34NO3P/c1-3-12-32-27-34(19-17-29(32)9-1)40-22-23-41(35-20-18-30-10-2-4-13-33(30)28-35)47(40)51-49-42-24-21-31-11-5-6-14-36(31)43(42)44-38-16-8-7-15-37(38)39-25-26-48-45(39)46(44)50-51/h1-21,24,27-28,40-41H,22-23,25-26H2/t40-,41-,51?/m1/s1. The Bertz CT molecular complexity index is 2810. The van der Waals surface area contributed by atoms with Crippen LogP contribution in [0.2, 0.25) is 0 Å². The van der Waals surface area contributed by atoms with E-state index in [2.05, 4.69) is 150 Å². The van der Waals surface area contributed by atoms with E-state index in [0.29, 0.717) is 6.61 Å². The molecule has 4 nitrogen and oxygen atoms in total. The first kappa shape index (κ1) is 29.2. The average molecular weight is 680 g/mol. The van der Waals surface area contributed by atoms with Gasteiger partial charge >= 0.3 is 8.16 Å². The largest absolute Gasteiger partial charge is 0.489 e. The van der Waals surface area contributed by atoms with E-state index >= 15 is 0 Å². The fourth-order valence-corrected chi connectivity index (χ4v) is 10.6. The first-order valence-corrected chi connectivity index (χ1v) is 19.1. The van der Waals surface area contributed by atoms with Crippen molar-refractivity contribution in [3.8, 4) is 5.75 Å². The SMILES string of the molecule is c1ccc2cc([C@H]3CC[C@H](c4ccc5ccccc5c4)N3p3oc4ccc5ccccc5c4c4c(o3)c3c(c5ccccc54)CCO3)ccc2c1. The third-order valence-corrected chi connectivity index (χ3v) is 12.8. The molecule has 2 aliphatic heterocycles. The molecule has 0 spiro atoms. The Hall–Kier alpha value is -5.54. The van der Waals surface area contributed by atoms with Crippen LogP contribution in [0.3, 0.4) is 0 Å². The van der Waals surface area contributed by atoms with Gasteiger partial charge < -0.3 is 13.1 Å². The molecule has 5 heteroatoms. The molecule has 1 aromatic heterocycles. The van der Waals surface area contributed by atoms with E-state index in [4.69, 9.17) is 13.1 Å². The number of hydrogen-bond donors (Lipinski definition) is 0. The van der Waals surface area contributed by atoms with Crippen LogP contribution < -0.4 is 9.41 Å². The van der Waals surface area contributed by atoms with Gasteiger partial charge in [0.25, 0.3) is 0 Å². The Balaban J connectivity index is 1.24. The quantitative estimate of drug-likeness (QED) is 0.186. The van der Waals surface area contributed by atoms with Gasteiger partial charge in [0.2, 0.25) is 0 Å². The summed E-state index contributed by atoms with van der Waals surface area (Å²) in [4.78, 5) is 0. The predicted molar refractivity (Wildman–Crippen MR) is 211 cm³/mol. The van der Waals surface area contributed by atoms with Crippen LogP contribution in [0.1, 0.15) is 41.6 Å². The van der Waals surface area contributed by atoms with Crippen LogP contribution in [0.25, 0.3) is 65.0 Å². The van der Waals surface area contributed by atoms with Crippen molar-refractivity contribution < 1.29 is 13.1 Å². The smallest absolute Gasteiger partial charge is 0.311 e. The highest BCUT2D eigenvalue weighted by Crippen LogP contribution is 2.56. The molecule has 0 bridgehead atoms. The molecule has 0 saturated carbocycles. The molecule has 1 unspecified atom stereocenters. The van der Waals surface area contributed by atoms with Crippen molar-refractivity contribution in [3.05, 3.63) is 162 Å². The topological polar surface area (TPSA) is 38.8 Å². The zero-order valence-corrected chi connectivity index (χ0v) is 28.9. The molecule has 2 aliphatic rings. The molecule has 0 aliphatic carbocycles. The molecule has 8 aromatic carbocycles. The second kappa shape index (κ2) is 11.5. The monoisotopic (exact) mass is 679 g/mol. The van der Waals surface area contributed by atoms with E-state index in [0.717, 1.165) is 52.3 Å². The van der Waals surface area contributed by atoms with Crippen LogP contribution in [0, 0.1) is 0 Å². The van der Waals surface area contributed by atoms with Crippen molar-refractivity contribution in [2.45, 2.75) is 31.3 Å². The predicted octanol–water partition coefficient (Wildman–Crippen LogP) is 13.1. The molecule has 1 fully saturated rings. The molecule has 3 atom stereocenters. The molecule has 51 heavy (non-hydrogen) atoms. The van der Waals surface area contributed by atoms with Crippen LogP contribution in [0.4, 0.5) is 0 Å². The Morgan fingerprint density at radius 2 is 1.08 bits per heavy atom. The number of benzene rings is 8. The van der Waals surface area contributed by atoms with Gasteiger partial charge in [-0.2, -0.15) is 4.67 Å². The van der Waals surface area contributed by atoms with E-state index in [1.807, 2.05) is 0 Å². The summed E-state index contributed by atoms with van der Waals surface area (Å²) in [6, 6.07) is 53.0. The summed E-state index contributed by atoms with van der Waals surface area (Å²) in [5.41, 5.74) is 5.46. The average Bonchev–Trinajstić information content (AvgIpc) is 3.83. The summed E-state index contributed by atoms with van der Waals surface area (Å²) in [5.74, 6) is 0.865. The maximum Gasteiger partial charge on any atom is 0.311 e. The maximum atomic E-state index is 7.45. The van der Waals surface area contributed by atoms with Crippen LogP contribution >= 0.6 is 8.16 Å². The summed E-state index contributed by atoms with van der Waals surface area (Å²) in [6.45, 7) is 0.642. The van der Waals surface area contributed by atoms with E-state index in [1.54, 1.807) is 0 Å². The lowest BCUT2D eigenvalue weighted by Crippen LogP contribution is -2.23. The fraction of sp³-hybridized carbons (Fsp3) is 0.130. The van der Waals surface area contributed by atoms with Crippen molar-refractivity contribution in [2.75, 3.05) is 11.3 Å². The lowest BCUT2D eigenvalue weighted by Gasteiger charge is -2.27. The van der Waals surface area contributed by atoms with Crippen molar-refractivity contribution >= 4 is 73.2 Å². The maximum absolute atomic E-state index is 7.45. The summed E-state index contributed by atoms with van der Waals surface area (Å²) in [6.07, 6.45) is 2.84. The lowest BCUT2D eigenvalue weighted by molar-refractivity contribution is 0.356. The third kappa shape index (κ3) is 4.57. The third-order valence-electron chi connectivity index (χ3n) is 11.2. The van der Waals surface area contributed by atoms with Crippen molar-refractivity contribution in [2.24, 2.45) is 0 Å². The zero-order valence-electron chi connectivity index (χ0n) is 28.0. The fourth-order valence-electron chi connectivity index (χ4n) is 8.81. The van der Waals surface area contributed by atoms with E-state index in [1.165, 1.54) is 54.4 Å². The molecule has 246 valence electrons. The summed E-state index contributed by atoms with van der Waals surface area (Å²) in [5, 5.41) is 11.9. The Morgan fingerprint density at radius 3 is 1.76 bits per heavy atom. The molecule has 11 rings (SSSR count). The number of fused-ring (bicyclic) bond motifs is 12. The normalized spacial score (nSPS) is 17.9. The molecule has 0 N–H and O–H groups in total. The van der Waals surface area contributed by atoms with Gasteiger partial charge in [-0.05, 0) is 85.3 Å². The Kier molecular flexibility index (Phi) is 6.59. The second-order valence-electron chi connectivity index (χ2n) is 13.9. The van der Waals surface area contributed by atoms with Gasteiger partial charge in [0.1, 0.15) is 5.58 Å². The van der Waals surface area contributed by atoms with E-state index in [9.17, 15) is 0 Å². The second-order valence-corrected chi connectivity index (χ2v) is 15.2. The van der Waals surface area contributed by atoms with Gasteiger partial charge in [0, 0.05) is 34.8 Å². The molecule has 9 aromatic rings. The van der Waals surface area contributed by atoms with Gasteiger partial charge in [-0.15, -0.1) is 0 Å². The zero-order chi connectivity index (χ0) is 33.5. The van der Waals surface area contributed by atoms with Crippen molar-refractivity contribution in [1.82, 2.24) is 0 Å². The molecular formula is C46H34NO3P. The molecule has 3 heterocycles. The number of nitrogens with zero attached hydrogens (tertiary/aromatic N) is 1. The first-order chi connectivity index (χ1) is 25.3. The molecular weight excluding hydrogens is 645 g/mol. The minimum absolute atomic E-state index is 0.0945. The summed E-state index contributed by atoms with van der Waals surface area (Å²) >= 11 is 0. The highest BCUT2D eigenvalue weighted by atomic mass is 31.1. The Labute approximate surface area is 296 Å². The first-order valence-electron chi connectivity index (χ1n) is 17.9. The van der Waals surface area contributed by atoms with Crippen LogP contribution in [-0.2, 0) is 6.42 Å². The van der Waals surface area contributed by atoms with Crippen molar-refractivity contribution in [3.63, 3.8) is 0 Å². The van der Waals surface area contributed by atoms with E-state index in [-0.39, 0.29) is 12.1 Å². The van der Waals surface area contributed by atoms with Gasteiger partial charge in [0.15, 0.2) is 11.3 Å². The van der Waals surface area contributed by atoms with Crippen LogP contribution in [-0.4, -0.2) is 6.61 Å². The Morgan fingerprint density at radius 1 is 0.510 bits per heavy atom. The summed E-state index contributed by atoms with van der Waals surface area (Å²) in [7, 11) is -1.65. The molecule has 0 amide bonds. The highest BCUT2D eigenvalue weighted by molar-refractivity contribution is 7.39.